The molecule has 1 heterocycles. The Labute approximate surface area is 157 Å². The van der Waals surface area contributed by atoms with Gasteiger partial charge in [0.1, 0.15) is 11.6 Å². The highest BCUT2D eigenvalue weighted by atomic mass is 35.5. The minimum Gasteiger partial charge on any atom is -0.493 e. The van der Waals surface area contributed by atoms with Gasteiger partial charge in [0.15, 0.2) is 5.96 Å². The molecular formula is C20H21ClFN3O. The molecule has 2 aliphatic rings. The van der Waals surface area contributed by atoms with Crippen LogP contribution in [-0.2, 0) is 5.41 Å². The van der Waals surface area contributed by atoms with Crippen molar-refractivity contribution in [2.75, 3.05) is 13.2 Å². The maximum atomic E-state index is 13.3. The van der Waals surface area contributed by atoms with Gasteiger partial charge in [0.25, 0.3) is 0 Å². The molecular weight excluding hydrogens is 353 g/mol. The van der Waals surface area contributed by atoms with Gasteiger partial charge in [-0.1, -0.05) is 35.9 Å². The maximum absolute atomic E-state index is 13.3. The molecule has 6 heteroatoms. The fraction of sp³-hybridized carbons (Fsp3) is 0.350. The molecule has 0 amide bonds. The van der Waals surface area contributed by atoms with Gasteiger partial charge in [-0.25, -0.2) is 4.39 Å². The SMILES string of the molecule is NC(=NCC1(c2ccc(F)cc2Cl)CC1)NC1CCOc2ccccc21. The molecule has 1 atom stereocenters. The number of ether oxygens (including phenoxy) is 1. The number of aliphatic imine (C=N–C) groups is 1. The van der Waals surface area contributed by atoms with Gasteiger partial charge in [-0.3, -0.25) is 4.99 Å². The standard InChI is InChI=1S/C20H21ClFN3O/c21-16-11-13(22)5-6-15(16)20(8-9-20)12-24-19(23)25-17-7-10-26-18-4-2-1-3-14(17)18/h1-6,11,17H,7-10,12H2,(H3,23,24,25). The second-order valence-corrected chi connectivity index (χ2v) is 7.39. The highest BCUT2D eigenvalue weighted by molar-refractivity contribution is 6.31. The zero-order chi connectivity index (χ0) is 18.1. The number of hydrogen-bond donors (Lipinski definition) is 2. The molecule has 0 aromatic heterocycles. The summed E-state index contributed by atoms with van der Waals surface area (Å²) in [4.78, 5) is 4.56. The smallest absolute Gasteiger partial charge is 0.189 e. The summed E-state index contributed by atoms with van der Waals surface area (Å²) >= 11 is 6.23. The van der Waals surface area contributed by atoms with Gasteiger partial charge in [0, 0.05) is 22.4 Å². The summed E-state index contributed by atoms with van der Waals surface area (Å²) in [5.41, 5.74) is 8.07. The Morgan fingerprint density at radius 1 is 1.31 bits per heavy atom. The van der Waals surface area contributed by atoms with Crippen LogP contribution < -0.4 is 15.8 Å². The van der Waals surface area contributed by atoms with E-state index >= 15 is 0 Å². The van der Waals surface area contributed by atoms with Gasteiger partial charge in [0.05, 0.1) is 19.2 Å². The Hall–Kier alpha value is -2.27. The van der Waals surface area contributed by atoms with Gasteiger partial charge in [-0.15, -0.1) is 0 Å². The molecule has 1 aliphatic heterocycles. The summed E-state index contributed by atoms with van der Waals surface area (Å²) in [6, 6.07) is 12.6. The number of fused-ring (bicyclic) bond motifs is 1. The van der Waals surface area contributed by atoms with Crippen LogP contribution in [0.3, 0.4) is 0 Å². The molecule has 3 N–H and O–H groups in total. The van der Waals surface area contributed by atoms with Crippen molar-refractivity contribution in [1.82, 2.24) is 5.32 Å². The van der Waals surface area contributed by atoms with Crippen LogP contribution in [0.25, 0.3) is 0 Å². The summed E-state index contributed by atoms with van der Waals surface area (Å²) in [5.74, 6) is 0.981. The fourth-order valence-electron chi connectivity index (χ4n) is 3.54. The van der Waals surface area contributed by atoms with Crippen molar-refractivity contribution in [3.8, 4) is 5.75 Å². The average molecular weight is 374 g/mol. The van der Waals surface area contributed by atoms with E-state index in [4.69, 9.17) is 22.1 Å². The minimum absolute atomic E-state index is 0.0910. The number of nitrogens with zero attached hydrogens (tertiary/aromatic N) is 1. The molecule has 1 saturated carbocycles. The third-order valence-corrected chi connectivity index (χ3v) is 5.50. The summed E-state index contributed by atoms with van der Waals surface area (Å²) in [6.45, 7) is 1.19. The van der Waals surface area contributed by atoms with Gasteiger partial charge < -0.3 is 15.8 Å². The van der Waals surface area contributed by atoms with Crippen molar-refractivity contribution in [3.05, 3.63) is 64.4 Å². The van der Waals surface area contributed by atoms with Gasteiger partial charge in [0.2, 0.25) is 0 Å². The third-order valence-electron chi connectivity index (χ3n) is 5.19. The number of guanidine groups is 1. The molecule has 0 bridgehead atoms. The van der Waals surface area contributed by atoms with E-state index in [1.807, 2.05) is 24.3 Å². The molecule has 0 spiro atoms. The summed E-state index contributed by atoms with van der Waals surface area (Å²) in [7, 11) is 0. The van der Waals surface area contributed by atoms with E-state index in [0.717, 1.165) is 36.1 Å². The fourth-order valence-corrected chi connectivity index (χ4v) is 3.90. The molecule has 4 nitrogen and oxygen atoms in total. The summed E-state index contributed by atoms with van der Waals surface area (Å²) < 4.78 is 19.0. The molecule has 1 aliphatic carbocycles. The lowest BCUT2D eigenvalue weighted by atomic mass is 9.96. The lowest BCUT2D eigenvalue weighted by molar-refractivity contribution is 0.262. The second-order valence-electron chi connectivity index (χ2n) is 6.98. The van der Waals surface area contributed by atoms with Crippen LogP contribution >= 0.6 is 11.6 Å². The molecule has 4 rings (SSSR count). The van der Waals surface area contributed by atoms with Crippen LogP contribution in [0.2, 0.25) is 5.02 Å². The van der Waals surface area contributed by atoms with Crippen LogP contribution in [0.1, 0.15) is 36.4 Å². The Morgan fingerprint density at radius 2 is 2.12 bits per heavy atom. The van der Waals surface area contributed by atoms with E-state index in [9.17, 15) is 4.39 Å². The van der Waals surface area contributed by atoms with Crippen LogP contribution in [-0.4, -0.2) is 19.1 Å². The number of nitrogens with one attached hydrogen (secondary N) is 1. The Bertz CT molecular complexity index is 851. The molecule has 1 unspecified atom stereocenters. The van der Waals surface area contributed by atoms with E-state index in [1.165, 1.54) is 12.1 Å². The Balaban J connectivity index is 1.46. The molecule has 26 heavy (non-hydrogen) atoms. The van der Waals surface area contributed by atoms with Crippen LogP contribution in [0.5, 0.6) is 5.75 Å². The summed E-state index contributed by atoms with van der Waals surface area (Å²) in [5, 5.41) is 3.77. The average Bonchev–Trinajstić information content (AvgIpc) is 3.41. The van der Waals surface area contributed by atoms with E-state index in [0.29, 0.717) is 24.1 Å². The zero-order valence-corrected chi connectivity index (χ0v) is 15.1. The largest absolute Gasteiger partial charge is 0.493 e. The molecule has 1 fully saturated rings. The number of benzene rings is 2. The topological polar surface area (TPSA) is 59.6 Å². The molecule has 0 radical (unpaired) electrons. The number of para-hydroxylation sites is 1. The Kier molecular flexibility index (Phi) is 4.49. The second kappa shape index (κ2) is 6.80. The molecule has 2 aromatic carbocycles. The quantitative estimate of drug-likeness (QED) is 0.630. The van der Waals surface area contributed by atoms with Gasteiger partial charge in [-0.05, 0) is 36.6 Å². The van der Waals surface area contributed by atoms with Crippen molar-refractivity contribution in [1.29, 1.82) is 0 Å². The van der Waals surface area contributed by atoms with Gasteiger partial charge in [-0.2, -0.15) is 0 Å². The lowest BCUT2D eigenvalue weighted by Gasteiger charge is -2.27. The van der Waals surface area contributed by atoms with Crippen LogP contribution in [0, 0.1) is 5.82 Å². The van der Waals surface area contributed by atoms with Crippen molar-refractivity contribution in [3.63, 3.8) is 0 Å². The lowest BCUT2D eigenvalue weighted by Crippen LogP contribution is -2.38. The van der Waals surface area contributed by atoms with Crippen molar-refractivity contribution in [2.24, 2.45) is 10.7 Å². The predicted octanol–water partition coefficient (Wildman–Crippen LogP) is 3.94. The highest BCUT2D eigenvalue weighted by Crippen LogP contribution is 2.50. The third kappa shape index (κ3) is 3.36. The number of halogens is 2. The molecule has 2 aromatic rings. The monoisotopic (exact) mass is 373 g/mol. The van der Waals surface area contributed by atoms with Gasteiger partial charge >= 0.3 is 0 Å². The highest BCUT2D eigenvalue weighted by Gasteiger charge is 2.45. The normalized spacial score (nSPS) is 20.8. The zero-order valence-electron chi connectivity index (χ0n) is 14.3. The van der Waals surface area contributed by atoms with Crippen molar-refractivity contribution >= 4 is 17.6 Å². The Morgan fingerprint density at radius 3 is 2.88 bits per heavy atom. The molecule has 136 valence electrons. The van der Waals surface area contributed by atoms with E-state index in [2.05, 4.69) is 10.3 Å². The minimum atomic E-state index is -0.322. The van der Waals surface area contributed by atoms with E-state index in [-0.39, 0.29) is 17.3 Å². The summed E-state index contributed by atoms with van der Waals surface area (Å²) in [6.07, 6.45) is 2.80. The van der Waals surface area contributed by atoms with E-state index < -0.39 is 0 Å². The number of nitrogens with two attached hydrogens (primary N) is 1. The first-order valence-corrected chi connectivity index (χ1v) is 9.19. The molecule has 0 saturated heterocycles. The van der Waals surface area contributed by atoms with E-state index in [1.54, 1.807) is 6.07 Å². The van der Waals surface area contributed by atoms with Crippen LogP contribution in [0.4, 0.5) is 4.39 Å². The predicted molar refractivity (Wildman–Crippen MR) is 101 cm³/mol. The van der Waals surface area contributed by atoms with Crippen molar-refractivity contribution < 1.29 is 9.13 Å². The first-order valence-electron chi connectivity index (χ1n) is 8.81. The maximum Gasteiger partial charge on any atom is 0.189 e. The van der Waals surface area contributed by atoms with Crippen molar-refractivity contribution in [2.45, 2.75) is 30.7 Å². The first-order chi connectivity index (χ1) is 12.6. The first kappa shape index (κ1) is 17.2. The number of rotatable bonds is 4. The van der Waals surface area contributed by atoms with Crippen LogP contribution in [0.15, 0.2) is 47.5 Å². The number of hydrogen-bond acceptors (Lipinski definition) is 2.